The van der Waals surface area contributed by atoms with Gasteiger partial charge in [-0.1, -0.05) is 0 Å². The van der Waals surface area contributed by atoms with Gasteiger partial charge in [0.15, 0.2) is 0 Å². The van der Waals surface area contributed by atoms with Crippen LogP contribution in [0.15, 0.2) is 30.5 Å². The van der Waals surface area contributed by atoms with Gasteiger partial charge in [-0.15, -0.1) is 0 Å². The maximum atomic E-state index is 13.2. The average Bonchev–Trinajstić information content (AvgIpc) is 3.10. The molecule has 0 unspecified atom stereocenters. The lowest BCUT2D eigenvalue weighted by Crippen LogP contribution is -2.59. The van der Waals surface area contributed by atoms with Crippen LogP contribution in [0.4, 0.5) is 4.39 Å². The third-order valence-corrected chi connectivity index (χ3v) is 6.18. The number of H-pyrrole nitrogens is 1. The minimum absolute atomic E-state index is 0.188. The Bertz CT molecular complexity index is 783. The Morgan fingerprint density at radius 3 is 2.81 bits per heavy atom. The molecule has 1 aromatic heterocycles. The summed E-state index contributed by atoms with van der Waals surface area (Å²) in [6, 6.07) is 6.65. The van der Waals surface area contributed by atoms with Crippen LogP contribution in [-0.2, 0) is 11.3 Å². The van der Waals surface area contributed by atoms with Crippen LogP contribution in [0.1, 0.15) is 38.2 Å². The summed E-state index contributed by atoms with van der Waals surface area (Å²) in [5.74, 6) is -0.0309. The first-order valence-electron chi connectivity index (χ1n) is 9.41. The molecule has 0 aliphatic carbocycles. The monoisotopic (exact) mass is 356 g/mol. The SMILES string of the molecule is C[C@H]1N(Cc2cn[nH]c2-c2ccc(F)cc2)CCC[C@@]12CCCNC2=O. The van der Waals surface area contributed by atoms with Crippen molar-refractivity contribution >= 4 is 5.91 Å². The Hall–Kier alpha value is -2.21. The highest BCUT2D eigenvalue weighted by Gasteiger charge is 2.48. The smallest absolute Gasteiger partial charge is 0.227 e. The number of aromatic amines is 1. The molecule has 2 aromatic rings. The van der Waals surface area contributed by atoms with Gasteiger partial charge in [-0.05, 0) is 63.4 Å². The van der Waals surface area contributed by atoms with Crippen molar-refractivity contribution < 1.29 is 9.18 Å². The fourth-order valence-electron chi connectivity index (χ4n) is 4.61. The second-order valence-electron chi connectivity index (χ2n) is 7.54. The number of rotatable bonds is 3. The first-order chi connectivity index (χ1) is 12.6. The summed E-state index contributed by atoms with van der Waals surface area (Å²) in [4.78, 5) is 15.1. The highest BCUT2D eigenvalue weighted by atomic mass is 19.1. The number of nitrogens with zero attached hydrogens (tertiary/aromatic N) is 2. The average molecular weight is 356 g/mol. The lowest BCUT2D eigenvalue weighted by atomic mass is 9.68. The van der Waals surface area contributed by atoms with Crippen LogP contribution in [-0.4, -0.2) is 40.1 Å². The fraction of sp³-hybridized carbons (Fsp3) is 0.500. The third kappa shape index (κ3) is 2.92. The highest BCUT2D eigenvalue weighted by Crippen LogP contribution is 2.42. The Balaban J connectivity index is 1.57. The molecule has 2 aliphatic heterocycles. The minimum atomic E-state index is -0.268. The number of carbonyl (C=O) groups is 1. The van der Waals surface area contributed by atoms with E-state index < -0.39 is 0 Å². The van der Waals surface area contributed by atoms with Crippen LogP contribution in [0.5, 0.6) is 0 Å². The zero-order valence-electron chi connectivity index (χ0n) is 15.1. The van der Waals surface area contributed by atoms with E-state index in [1.807, 2.05) is 6.20 Å². The number of carbonyl (C=O) groups excluding carboxylic acids is 1. The second kappa shape index (κ2) is 6.83. The summed E-state index contributed by atoms with van der Waals surface area (Å²) in [6.07, 6.45) is 5.85. The number of hydrogen-bond donors (Lipinski definition) is 2. The van der Waals surface area contributed by atoms with Gasteiger partial charge in [0.05, 0.1) is 17.3 Å². The van der Waals surface area contributed by atoms with Gasteiger partial charge < -0.3 is 5.32 Å². The van der Waals surface area contributed by atoms with Gasteiger partial charge in [-0.2, -0.15) is 5.10 Å². The number of aromatic nitrogens is 2. The first kappa shape index (κ1) is 17.2. The molecule has 0 radical (unpaired) electrons. The van der Waals surface area contributed by atoms with E-state index in [1.165, 1.54) is 12.1 Å². The van der Waals surface area contributed by atoms with Crippen LogP contribution < -0.4 is 5.32 Å². The van der Waals surface area contributed by atoms with Gasteiger partial charge in [0.2, 0.25) is 5.91 Å². The van der Waals surface area contributed by atoms with Gasteiger partial charge in [-0.3, -0.25) is 14.8 Å². The maximum Gasteiger partial charge on any atom is 0.227 e. The Morgan fingerprint density at radius 2 is 2.04 bits per heavy atom. The third-order valence-electron chi connectivity index (χ3n) is 6.18. The molecule has 2 aliphatic rings. The van der Waals surface area contributed by atoms with Crippen molar-refractivity contribution in [1.82, 2.24) is 20.4 Å². The molecule has 1 spiro atoms. The van der Waals surface area contributed by atoms with Crippen molar-refractivity contribution in [2.75, 3.05) is 13.1 Å². The molecule has 3 heterocycles. The van der Waals surface area contributed by atoms with Gasteiger partial charge in [0, 0.05) is 30.3 Å². The van der Waals surface area contributed by atoms with E-state index in [1.54, 1.807) is 12.1 Å². The standard InChI is InChI=1S/C20H25FN4O/c1-14-20(8-2-10-22-19(20)26)9-3-11-25(14)13-16-12-23-24-18(16)15-4-6-17(21)7-5-15/h4-7,12,14H,2-3,8-11,13H2,1H3,(H,22,26)(H,23,24)/t14-,20+/m1/s1. The fourth-order valence-corrected chi connectivity index (χ4v) is 4.61. The predicted octanol–water partition coefficient (Wildman–Crippen LogP) is 3.10. The highest BCUT2D eigenvalue weighted by molar-refractivity contribution is 5.84. The molecule has 5 nitrogen and oxygen atoms in total. The Kier molecular flexibility index (Phi) is 4.53. The summed E-state index contributed by atoms with van der Waals surface area (Å²) in [7, 11) is 0. The van der Waals surface area contributed by atoms with Crippen molar-refractivity contribution in [3.63, 3.8) is 0 Å². The van der Waals surface area contributed by atoms with Gasteiger partial charge >= 0.3 is 0 Å². The molecule has 0 saturated carbocycles. The van der Waals surface area contributed by atoms with Crippen molar-refractivity contribution in [2.45, 2.75) is 45.2 Å². The second-order valence-corrected chi connectivity index (χ2v) is 7.54. The summed E-state index contributed by atoms with van der Waals surface area (Å²) in [6.45, 7) is 4.69. The van der Waals surface area contributed by atoms with E-state index in [-0.39, 0.29) is 23.2 Å². The number of hydrogen-bond acceptors (Lipinski definition) is 3. The van der Waals surface area contributed by atoms with Crippen LogP contribution in [0.3, 0.4) is 0 Å². The number of amides is 1. The van der Waals surface area contributed by atoms with Crippen LogP contribution in [0, 0.1) is 11.2 Å². The molecule has 4 rings (SSSR count). The van der Waals surface area contributed by atoms with Crippen LogP contribution in [0.2, 0.25) is 0 Å². The largest absolute Gasteiger partial charge is 0.356 e. The number of piperidine rings is 2. The summed E-state index contributed by atoms with van der Waals surface area (Å²) in [5.41, 5.74) is 2.66. The molecule has 1 aromatic carbocycles. The lowest BCUT2D eigenvalue weighted by molar-refractivity contribution is -0.142. The predicted molar refractivity (Wildman–Crippen MR) is 97.8 cm³/mol. The molecular formula is C20H25FN4O. The number of halogens is 1. The first-order valence-corrected chi connectivity index (χ1v) is 9.41. The summed E-state index contributed by atoms with van der Waals surface area (Å²) >= 11 is 0. The Morgan fingerprint density at radius 1 is 1.27 bits per heavy atom. The van der Waals surface area contributed by atoms with E-state index in [0.717, 1.165) is 62.1 Å². The summed E-state index contributed by atoms with van der Waals surface area (Å²) < 4.78 is 13.2. The van der Waals surface area contributed by atoms with Crippen molar-refractivity contribution in [3.05, 3.63) is 41.8 Å². The molecule has 2 atom stereocenters. The van der Waals surface area contributed by atoms with E-state index in [9.17, 15) is 9.18 Å². The van der Waals surface area contributed by atoms with Crippen LogP contribution >= 0.6 is 0 Å². The number of nitrogens with one attached hydrogen (secondary N) is 2. The molecule has 138 valence electrons. The molecule has 2 N–H and O–H groups in total. The van der Waals surface area contributed by atoms with Crippen molar-refractivity contribution in [1.29, 1.82) is 0 Å². The van der Waals surface area contributed by atoms with Crippen molar-refractivity contribution in [3.8, 4) is 11.3 Å². The maximum absolute atomic E-state index is 13.2. The summed E-state index contributed by atoms with van der Waals surface area (Å²) in [5, 5.41) is 10.3. The van der Waals surface area contributed by atoms with Crippen molar-refractivity contribution in [2.24, 2.45) is 5.41 Å². The van der Waals surface area contributed by atoms with Gasteiger partial charge in [0.25, 0.3) is 0 Å². The lowest BCUT2D eigenvalue weighted by Gasteiger charge is -2.49. The van der Waals surface area contributed by atoms with E-state index >= 15 is 0 Å². The zero-order valence-corrected chi connectivity index (χ0v) is 15.1. The molecule has 1 amide bonds. The zero-order chi connectivity index (χ0) is 18.1. The number of benzene rings is 1. The van der Waals surface area contributed by atoms with Crippen LogP contribution in [0.25, 0.3) is 11.3 Å². The molecular weight excluding hydrogens is 331 g/mol. The van der Waals surface area contributed by atoms with Gasteiger partial charge in [0.1, 0.15) is 5.82 Å². The van der Waals surface area contributed by atoms with Gasteiger partial charge in [-0.25, -0.2) is 4.39 Å². The normalized spacial score (nSPS) is 26.8. The van der Waals surface area contributed by atoms with E-state index in [0.29, 0.717) is 0 Å². The van der Waals surface area contributed by atoms with E-state index in [4.69, 9.17) is 0 Å². The quantitative estimate of drug-likeness (QED) is 0.888. The number of likely N-dealkylation sites (tertiary alicyclic amines) is 1. The Labute approximate surface area is 153 Å². The molecule has 26 heavy (non-hydrogen) atoms. The minimum Gasteiger partial charge on any atom is -0.356 e. The molecule has 2 saturated heterocycles. The molecule has 0 bridgehead atoms. The topological polar surface area (TPSA) is 61.0 Å². The molecule has 2 fully saturated rings. The van der Waals surface area contributed by atoms with E-state index in [2.05, 4.69) is 27.3 Å². The molecule has 6 heteroatoms.